The van der Waals surface area contributed by atoms with E-state index in [4.69, 9.17) is 0 Å². The Bertz CT molecular complexity index is 679. The number of thioether (sulfide) groups is 1. The van der Waals surface area contributed by atoms with Crippen LogP contribution in [0.15, 0.2) is 34.9 Å². The highest BCUT2D eigenvalue weighted by Gasteiger charge is 2.24. The van der Waals surface area contributed by atoms with Crippen molar-refractivity contribution in [3.05, 3.63) is 34.9 Å². The van der Waals surface area contributed by atoms with Crippen LogP contribution < -0.4 is 10.6 Å². The molecule has 0 saturated heterocycles. The summed E-state index contributed by atoms with van der Waals surface area (Å²) in [7, 11) is 0. The second-order valence-corrected chi connectivity index (χ2v) is 9.13. The van der Waals surface area contributed by atoms with E-state index in [2.05, 4.69) is 56.6 Å². The zero-order valence-corrected chi connectivity index (χ0v) is 20.7. The van der Waals surface area contributed by atoms with E-state index in [-0.39, 0.29) is 11.7 Å². The zero-order chi connectivity index (χ0) is 23.8. The first-order valence-corrected chi connectivity index (χ1v) is 12.0. The summed E-state index contributed by atoms with van der Waals surface area (Å²) in [6.07, 6.45) is 11.2. The second kappa shape index (κ2) is 16.6. The number of carboxylic acid groups (broad SMARTS) is 1. The summed E-state index contributed by atoms with van der Waals surface area (Å²) < 4.78 is 0. The van der Waals surface area contributed by atoms with Crippen molar-refractivity contribution in [2.24, 2.45) is 0 Å². The van der Waals surface area contributed by atoms with Gasteiger partial charge in [0.15, 0.2) is 0 Å². The van der Waals surface area contributed by atoms with Crippen LogP contribution in [-0.4, -0.2) is 46.5 Å². The predicted molar refractivity (Wildman–Crippen MR) is 130 cm³/mol. The Morgan fingerprint density at radius 3 is 1.97 bits per heavy atom. The van der Waals surface area contributed by atoms with Crippen LogP contribution in [0.2, 0.25) is 0 Å². The first-order chi connectivity index (χ1) is 14.6. The van der Waals surface area contributed by atoms with Crippen LogP contribution in [0.25, 0.3) is 0 Å². The Kier molecular flexibility index (Phi) is 15.6. The van der Waals surface area contributed by atoms with Crippen molar-refractivity contribution >= 4 is 29.5 Å². The fraction of sp³-hybridized carbons (Fsp3) is 0.625. The average molecular weight is 453 g/mol. The van der Waals surface area contributed by atoms with E-state index in [1.54, 1.807) is 6.92 Å². The number of carbonyl (C=O) groups excluding carboxylic acids is 2. The molecule has 0 unspecified atom stereocenters. The van der Waals surface area contributed by atoms with Gasteiger partial charge in [0.05, 0.1) is 0 Å². The molecular weight excluding hydrogens is 412 g/mol. The van der Waals surface area contributed by atoms with Gasteiger partial charge in [0.1, 0.15) is 12.1 Å². The van der Waals surface area contributed by atoms with Gasteiger partial charge >= 0.3 is 5.97 Å². The Morgan fingerprint density at radius 1 is 0.871 bits per heavy atom. The van der Waals surface area contributed by atoms with E-state index >= 15 is 0 Å². The third-order valence-electron chi connectivity index (χ3n) is 4.67. The number of carbonyl (C=O) groups is 3. The number of hydrogen-bond acceptors (Lipinski definition) is 4. The van der Waals surface area contributed by atoms with Crippen LogP contribution in [0.5, 0.6) is 0 Å². The van der Waals surface area contributed by atoms with Crippen molar-refractivity contribution in [1.82, 2.24) is 10.6 Å². The van der Waals surface area contributed by atoms with Crippen LogP contribution >= 0.6 is 11.8 Å². The minimum Gasteiger partial charge on any atom is -0.480 e. The number of nitrogens with one attached hydrogen (secondary N) is 2. The molecule has 2 atom stereocenters. The minimum absolute atomic E-state index is 0.269. The smallest absolute Gasteiger partial charge is 0.327 e. The molecule has 0 aliphatic rings. The third-order valence-corrected chi connectivity index (χ3v) is 5.65. The molecule has 0 bridgehead atoms. The van der Waals surface area contributed by atoms with E-state index < -0.39 is 24.0 Å². The standard InChI is InChI=1S/C24H40N2O4S/c1-7-21(25-20(6)27)23(28)26-22(24(29)30)16-31-15-14-19(5)13-9-12-18(4)11-8-10-17(2)3/h10,12,14,21-22H,7-9,11,13,15-16H2,1-6H3,(H,25,27)(H,26,28)(H,29,30)/t21-,22-/m0/s1. The number of rotatable bonds is 15. The third kappa shape index (κ3) is 15.4. The molecule has 176 valence electrons. The molecule has 0 aromatic rings. The molecule has 0 aliphatic heterocycles. The highest BCUT2D eigenvalue weighted by atomic mass is 32.2. The molecule has 0 aliphatic carbocycles. The molecule has 0 rings (SSSR count). The monoisotopic (exact) mass is 452 g/mol. The second-order valence-electron chi connectivity index (χ2n) is 8.06. The maximum Gasteiger partial charge on any atom is 0.327 e. The van der Waals surface area contributed by atoms with Gasteiger partial charge in [-0.2, -0.15) is 11.8 Å². The molecule has 0 aromatic carbocycles. The fourth-order valence-corrected chi connectivity index (χ4v) is 3.77. The van der Waals surface area contributed by atoms with Crippen LogP contribution in [0.3, 0.4) is 0 Å². The van der Waals surface area contributed by atoms with Gasteiger partial charge in [-0.25, -0.2) is 4.79 Å². The SMILES string of the molecule is CC[C@H](NC(C)=O)C(=O)N[C@@H](CSCC=C(C)CCC=C(C)CCC=C(C)C)C(=O)O. The van der Waals surface area contributed by atoms with E-state index in [0.29, 0.717) is 12.2 Å². The molecule has 0 aromatic heterocycles. The maximum atomic E-state index is 12.2. The van der Waals surface area contributed by atoms with Gasteiger partial charge in [-0.05, 0) is 59.8 Å². The van der Waals surface area contributed by atoms with E-state index in [0.717, 1.165) is 25.7 Å². The summed E-state index contributed by atoms with van der Waals surface area (Å²) >= 11 is 1.47. The Morgan fingerprint density at radius 2 is 1.45 bits per heavy atom. The Labute approximate surface area is 192 Å². The first-order valence-electron chi connectivity index (χ1n) is 10.9. The molecule has 31 heavy (non-hydrogen) atoms. The molecule has 0 fully saturated rings. The van der Waals surface area contributed by atoms with Crippen molar-refractivity contribution in [3.63, 3.8) is 0 Å². The molecule has 3 N–H and O–H groups in total. The summed E-state index contributed by atoms with van der Waals surface area (Å²) in [4.78, 5) is 34.9. The fourth-order valence-electron chi connectivity index (χ4n) is 2.77. The van der Waals surface area contributed by atoms with Crippen LogP contribution in [-0.2, 0) is 14.4 Å². The lowest BCUT2D eigenvalue weighted by Crippen LogP contribution is -2.51. The summed E-state index contributed by atoms with van der Waals surface area (Å²) in [6.45, 7) is 11.6. The molecule has 6 nitrogen and oxygen atoms in total. The molecule has 0 heterocycles. The molecule has 0 spiro atoms. The topological polar surface area (TPSA) is 95.5 Å². The van der Waals surface area contributed by atoms with E-state index in [1.165, 1.54) is 35.4 Å². The number of carboxylic acids is 1. The number of aliphatic carboxylic acids is 1. The van der Waals surface area contributed by atoms with Gasteiger partial charge in [-0.3, -0.25) is 9.59 Å². The van der Waals surface area contributed by atoms with Crippen molar-refractivity contribution in [2.45, 2.75) is 85.7 Å². The first kappa shape index (κ1) is 29.0. The van der Waals surface area contributed by atoms with Gasteiger partial charge in [0.2, 0.25) is 11.8 Å². The highest BCUT2D eigenvalue weighted by molar-refractivity contribution is 7.99. The van der Waals surface area contributed by atoms with Gasteiger partial charge in [0, 0.05) is 18.4 Å². The quantitative estimate of drug-likeness (QED) is 0.249. The molecule has 0 saturated carbocycles. The summed E-state index contributed by atoms with van der Waals surface area (Å²) in [5, 5.41) is 14.4. The number of amides is 2. The molecular formula is C24H40N2O4S. The lowest BCUT2D eigenvalue weighted by atomic mass is 10.1. The lowest BCUT2D eigenvalue weighted by Gasteiger charge is -2.19. The minimum atomic E-state index is -1.08. The van der Waals surface area contributed by atoms with Gasteiger partial charge in [-0.15, -0.1) is 0 Å². The Hall–Kier alpha value is -2.02. The highest BCUT2D eigenvalue weighted by Crippen LogP contribution is 2.13. The predicted octanol–water partition coefficient (Wildman–Crippen LogP) is 4.62. The van der Waals surface area contributed by atoms with Crippen LogP contribution in [0.4, 0.5) is 0 Å². The van der Waals surface area contributed by atoms with Gasteiger partial charge < -0.3 is 15.7 Å². The van der Waals surface area contributed by atoms with Crippen molar-refractivity contribution < 1.29 is 19.5 Å². The molecule has 2 amide bonds. The van der Waals surface area contributed by atoms with Gasteiger partial charge in [0.25, 0.3) is 0 Å². The van der Waals surface area contributed by atoms with Crippen LogP contribution in [0.1, 0.15) is 73.6 Å². The Balaban J connectivity index is 4.40. The molecule has 7 heteroatoms. The summed E-state index contributed by atoms with van der Waals surface area (Å²) in [5.74, 6) is -0.901. The number of allylic oxidation sites excluding steroid dienone is 5. The number of hydrogen-bond donors (Lipinski definition) is 3. The van der Waals surface area contributed by atoms with Crippen molar-refractivity contribution in [2.75, 3.05) is 11.5 Å². The molecule has 0 radical (unpaired) electrons. The van der Waals surface area contributed by atoms with Crippen LogP contribution in [0, 0.1) is 0 Å². The largest absolute Gasteiger partial charge is 0.480 e. The lowest BCUT2D eigenvalue weighted by molar-refractivity contribution is -0.141. The van der Waals surface area contributed by atoms with Gasteiger partial charge in [-0.1, -0.05) is 41.9 Å². The van der Waals surface area contributed by atoms with E-state index in [1.807, 2.05) is 0 Å². The van der Waals surface area contributed by atoms with Crippen molar-refractivity contribution in [3.8, 4) is 0 Å². The average Bonchev–Trinajstić information content (AvgIpc) is 2.67. The zero-order valence-electron chi connectivity index (χ0n) is 19.9. The van der Waals surface area contributed by atoms with Crippen molar-refractivity contribution in [1.29, 1.82) is 0 Å². The summed E-state index contributed by atoms with van der Waals surface area (Å²) in [6, 6.07) is -1.70. The normalized spacial score (nSPS) is 13.9. The maximum absolute atomic E-state index is 12.2. The summed E-state index contributed by atoms with van der Waals surface area (Å²) in [5.41, 5.74) is 4.03. The van der Waals surface area contributed by atoms with E-state index in [9.17, 15) is 19.5 Å².